The van der Waals surface area contributed by atoms with Gasteiger partial charge in [-0.05, 0) is 17.9 Å². The molecule has 0 amide bonds. The number of hydrogen-bond donors (Lipinski definition) is 2. The minimum Gasteiger partial charge on any atom is -0.481 e. The maximum absolute atomic E-state index is 11.3. The second kappa shape index (κ2) is 8.02. The summed E-state index contributed by atoms with van der Waals surface area (Å²) in [6, 6.07) is 9.83. The number of benzene rings is 1. The van der Waals surface area contributed by atoms with Crippen molar-refractivity contribution in [3.8, 4) is 0 Å². The molecule has 0 aliphatic heterocycles. The molecule has 0 radical (unpaired) electrons. The van der Waals surface area contributed by atoms with E-state index in [4.69, 9.17) is 4.84 Å². The Labute approximate surface area is 120 Å². The lowest BCUT2D eigenvalue weighted by Crippen LogP contribution is -2.30. The molecule has 2 N–H and O–H groups in total. The summed E-state index contributed by atoms with van der Waals surface area (Å²) < 4.78 is 0. The van der Waals surface area contributed by atoms with Crippen molar-refractivity contribution in [2.24, 2.45) is 11.8 Å². The summed E-state index contributed by atoms with van der Waals surface area (Å²) >= 11 is 0. The van der Waals surface area contributed by atoms with Crippen LogP contribution in [0.1, 0.15) is 37.7 Å². The molecule has 4 heteroatoms. The van der Waals surface area contributed by atoms with E-state index >= 15 is 0 Å². The molecule has 1 aliphatic rings. The molecular weight excluding hydrogens is 254 g/mol. The van der Waals surface area contributed by atoms with Gasteiger partial charge in [0.05, 0.1) is 12.5 Å². The minimum absolute atomic E-state index is 0.353. The van der Waals surface area contributed by atoms with Gasteiger partial charge in [-0.2, -0.15) is 0 Å². The Bertz CT molecular complexity index is 401. The molecule has 0 heterocycles. The monoisotopic (exact) mass is 277 g/mol. The molecule has 0 aromatic heterocycles. The lowest BCUT2D eigenvalue weighted by molar-refractivity contribution is -0.143. The molecule has 110 valence electrons. The minimum atomic E-state index is -0.729. The fourth-order valence-electron chi connectivity index (χ4n) is 2.79. The fraction of sp³-hybridized carbons (Fsp3) is 0.562. The smallest absolute Gasteiger partial charge is 0.307 e. The number of nitrogens with one attached hydrogen (secondary N) is 1. The third-order valence-electron chi connectivity index (χ3n) is 3.96. The first-order valence-corrected chi connectivity index (χ1v) is 7.37. The van der Waals surface area contributed by atoms with Crippen LogP contribution in [0.25, 0.3) is 0 Å². The standard InChI is InChI=1S/C16H23NO3/c18-16(19)15(10-13-6-4-5-7-13)11-17-20-12-14-8-2-1-3-9-14/h1-3,8-9,13,15,17H,4-7,10-12H2,(H,18,19)/t15-/m1/s1. The summed E-state index contributed by atoms with van der Waals surface area (Å²) in [7, 11) is 0. The normalized spacial score (nSPS) is 17.2. The Morgan fingerprint density at radius 3 is 2.65 bits per heavy atom. The first kappa shape index (κ1) is 15.0. The van der Waals surface area contributed by atoms with Crippen molar-refractivity contribution >= 4 is 5.97 Å². The number of carboxylic acids is 1. The summed E-state index contributed by atoms with van der Waals surface area (Å²) in [5.74, 6) is -0.506. The van der Waals surface area contributed by atoms with Crippen LogP contribution in [0, 0.1) is 11.8 Å². The Balaban J connectivity index is 1.68. The molecule has 0 saturated heterocycles. The maximum atomic E-state index is 11.3. The predicted octanol–water partition coefficient (Wildman–Crippen LogP) is 2.99. The molecule has 1 fully saturated rings. The first-order valence-electron chi connectivity index (χ1n) is 7.37. The number of hydrogen-bond acceptors (Lipinski definition) is 3. The van der Waals surface area contributed by atoms with Crippen LogP contribution in [0.3, 0.4) is 0 Å². The van der Waals surface area contributed by atoms with Crippen LogP contribution in [-0.4, -0.2) is 17.6 Å². The van der Waals surface area contributed by atoms with E-state index in [1.165, 1.54) is 25.7 Å². The van der Waals surface area contributed by atoms with Gasteiger partial charge in [0.1, 0.15) is 0 Å². The van der Waals surface area contributed by atoms with Crippen molar-refractivity contribution in [3.63, 3.8) is 0 Å². The quantitative estimate of drug-likeness (QED) is 0.566. The van der Waals surface area contributed by atoms with Crippen LogP contribution in [0.4, 0.5) is 0 Å². The van der Waals surface area contributed by atoms with Crippen LogP contribution in [0.15, 0.2) is 30.3 Å². The maximum Gasteiger partial charge on any atom is 0.307 e. The van der Waals surface area contributed by atoms with Crippen LogP contribution in [-0.2, 0) is 16.2 Å². The highest BCUT2D eigenvalue weighted by Gasteiger charge is 2.24. The molecule has 0 bridgehead atoms. The molecular formula is C16H23NO3. The molecule has 0 spiro atoms. The Morgan fingerprint density at radius 2 is 2.00 bits per heavy atom. The molecule has 2 rings (SSSR count). The lowest BCUT2D eigenvalue weighted by atomic mass is 9.93. The van der Waals surface area contributed by atoms with Crippen LogP contribution >= 0.6 is 0 Å². The Hall–Kier alpha value is -1.39. The average molecular weight is 277 g/mol. The van der Waals surface area contributed by atoms with Gasteiger partial charge in [-0.1, -0.05) is 56.0 Å². The van der Waals surface area contributed by atoms with Crippen molar-refractivity contribution < 1.29 is 14.7 Å². The van der Waals surface area contributed by atoms with E-state index < -0.39 is 5.97 Å². The molecule has 1 aromatic rings. The van der Waals surface area contributed by atoms with Gasteiger partial charge in [-0.25, -0.2) is 5.48 Å². The van der Waals surface area contributed by atoms with Crippen molar-refractivity contribution in [2.75, 3.05) is 6.54 Å². The number of hydroxylamine groups is 1. The van der Waals surface area contributed by atoms with E-state index in [0.29, 0.717) is 19.1 Å². The van der Waals surface area contributed by atoms with E-state index in [1.807, 2.05) is 30.3 Å². The fourth-order valence-corrected chi connectivity index (χ4v) is 2.79. The number of rotatable bonds is 8. The summed E-state index contributed by atoms with van der Waals surface area (Å²) in [5.41, 5.74) is 3.88. The van der Waals surface area contributed by atoms with Crippen LogP contribution < -0.4 is 5.48 Å². The summed E-state index contributed by atoms with van der Waals surface area (Å²) in [6.45, 7) is 0.829. The number of carboxylic acid groups (broad SMARTS) is 1. The van der Waals surface area contributed by atoms with Crippen LogP contribution in [0.5, 0.6) is 0 Å². The zero-order valence-electron chi connectivity index (χ0n) is 11.8. The zero-order chi connectivity index (χ0) is 14.2. The third-order valence-corrected chi connectivity index (χ3v) is 3.96. The van der Waals surface area contributed by atoms with E-state index in [0.717, 1.165) is 12.0 Å². The van der Waals surface area contributed by atoms with Gasteiger partial charge in [0.2, 0.25) is 0 Å². The third kappa shape index (κ3) is 4.94. The second-order valence-electron chi connectivity index (χ2n) is 5.54. The topological polar surface area (TPSA) is 58.6 Å². The van der Waals surface area contributed by atoms with Gasteiger partial charge in [-0.15, -0.1) is 0 Å². The zero-order valence-corrected chi connectivity index (χ0v) is 11.8. The average Bonchev–Trinajstić information content (AvgIpc) is 2.96. The molecule has 1 saturated carbocycles. The number of aliphatic carboxylic acids is 1. The van der Waals surface area contributed by atoms with Crippen LogP contribution in [0.2, 0.25) is 0 Å². The number of carbonyl (C=O) groups is 1. The highest BCUT2D eigenvalue weighted by Crippen LogP contribution is 2.30. The highest BCUT2D eigenvalue weighted by molar-refractivity contribution is 5.70. The van der Waals surface area contributed by atoms with E-state index in [1.54, 1.807) is 0 Å². The molecule has 0 unspecified atom stereocenters. The van der Waals surface area contributed by atoms with Crippen molar-refractivity contribution in [1.29, 1.82) is 0 Å². The van der Waals surface area contributed by atoms with Gasteiger partial charge in [0.25, 0.3) is 0 Å². The second-order valence-corrected chi connectivity index (χ2v) is 5.54. The Kier molecular flexibility index (Phi) is 6.02. The van der Waals surface area contributed by atoms with Crippen molar-refractivity contribution in [2.45, 2.75) is 38.7 Å². The van der Waals surface area contributed by atoms with Crippen molar-refractivity contribution in [1.82, 2.24) is 5.48 Å². The van der Waals surface area contributed by atoms with Gasteiger partial charge >= 0.3 is 5.97 Å². The van der Waals surface area contributed by atoms with Crippen molar-refractivity contribution in [3.05, 3.63) is 35.9 Å². The Morgan fingerprint density at radius 1 is 1.30 bits per heavy atom. The van der Waals surface area contributed by atoms with E-state index in [9.17, 15) is 9.90 Å². The summed E-state index contributed by atoms with van der Waals surface area (Å²) in [4.78, 5) is 16.6. The van der Waals surface area contributed by atoms with E-state index in [2.05, 4.69) is 5.48 Å². The molecule has 1 atom stereocenters. The van der Waals surface area contributed by atoms with Gasteiger partial charge in [-0.3, -0.25) is 9.63 Å². The summed E-state index contributed by atoms with van der Waals surface area (Å²) in [6.07, 6.45) is 5.60. The predicted molar refractivity (Wildman–Crippen MR) is 76.9 cm³/mol. The highest BCUT2D eigenvalue weighted by atomic mass is 16.6. The first-order chi connectivity index (χ1) is 9.75. The molecule has 1 aliphatic carbocycles. The van der Waals surface area contributed by atoms with Gasteiger partial charge in [0, 0.05) is 6.54 Å². The van der Waals surface area contributed by atoms with E-state index in [-0.39, 0.29) is 5.92 Å². The largest absolute Gasteiger partial charge is 0.481 e. The SMILES string of the molecule is O=C(O)[C@@H](CNOCc1ccccc1)CC1CCCC1. The summed E-state index contributed by atoms with van der Waals surface area (Å²) in [5, 5.41) is 9.25. The lowest BCUT2D eigenvalue weighted by Gasteiger charge is -2.17. The molecule has 1 aromatic carbocycles. The van der Waals surface area contributed by atoms with Gasteiger partial charge < -0.3 is 5.11 Å². The molecule has 4 nitrogen and oxygen atoms in total. The van der Waals surface area contributed by atoms with Gasteiger partial charge in [0.15, 0.2) is 0 Å². The molecule has 20 heavy (non-hydrogen) atoms.